The SMILES string of the molecule is CN=C(C=C(N)CSCc1nn(C)c(C)c1-c1c(Cl)ccc2c(CCC(=O)OC)c(C(=O)OC)n(C)c12)CCl. The van der Waals surface area contributed by atoms with Crippen molar-refractivity contribution in [2.24, 2.45) is 24.8 Å². The summed E-state index contributed by atoms with van der Waals surface area (Å²) in [5, 5.41) is 6.10. The zero-order valence-corrected chi connectivity index (χ0v) is 25.3. The van der Waals surface area contributed by atoms with E-state index in [9.17, 15) is 9.59 Å². The third-order valence-electron chi connectivity index (χ3n) is 6.53. The normalized spacial score (nSPS) is 12.3. The van der Waals surface area contributed by atoms with Crippen LogP contribution >= 0.6 is 35.0 Å². The van der Waals surface area contributed by atoms with Crippen LogP contribution in [-0.4, -0.2) is 64.9 Å². The van der Waals surface area contributed by atoms with Crippen LogP contribution in [0, 0.1) is 6.92 Å². The molecule has 0 aliphatic carbocycles. The number of hydrogen-bond donors (Lipinski definition) is 1. The molecule has 0 unspecified atom stereocenters. The molecular formula is C27H33Cl2N5O4S. The summed E-state index contributed by atoms with van der Waals surface area (Å²) in [6.45, 7) is 1.98. The number of carbonyl (C=O) groups excluding carboxylic acids is 2. The van der Waals surface area contributed by atoms with Crippen LogP contribution in [0.1, 0.15) is 33.9 Å². The lowest BCUT2D eigenvalue weighted by Gasteiger charge is -2.12. The fourth-order valence-corrected chi connectivity index (χ4v) is 5.82. The van der Waals surface area contributed by atoms with Crippen molar-refractivity contribution in [2.45, 2.75) is 25.5 Å². The molecule has 39 heavy (non-hydrogen) atoms. The van der Waals surface area contributed by atoms with Crippen molar-refractivity contribution < 1.29 is 19.1 Å². The molecule has 2 heterocycles. The number of nitrogens with zero attached hydrogens (tertiary/aromatic N) is 4. The number of nitrogens with two attached hydrogens (primary N) is 1. The Balaban J connectivity index is 2.14. The number of carbonyl (C=O) groups is 2. The molecule has 0 spiro atoms. The molecule has 0 atom stereocenters. The molecule has 12 heteroatoms. The van der Waals surface area contributed by atoms with Crippen LogP contribution < -0.4 is 5.73 Å². The van der Waals surface area contributed by atoms with E-state index in [-0.39, 0.29) is 12.4 Å². The molecule has 9 nitrogen and oxygen atoms in total. The van der Waals surface area contributed by atoms with E-state index in [2.05, 4.69) is 4.99 Å². The number of thioether (sulfide) groups is 1. The quantitative estimate of drug-likeness (QED) is 0.192. The summed E-state index contributed by atoms with van der Waals surface area (Å²) in [7, 11) is 8.03. The molecule has 0 aliphatic heterocycles. The highest BCUT2D eigenvalue weighted by atomic mass is 35.5. The van der Waals surface area contributed by atoms with Crippen LogP contribution in [0.15, 0.2) is 28.9 Å². The highest BCUT2D eigenvalue weighted by Crippen LogP contribution is 2.42. The zero-order valence-electron chi connectivity index (χ0n) is 22.9. The van der Waals surface area contributed by atoms with Gasteiger partial charge in [0.15, 0.2) is 0 Å². The topological polar surface area (TPSA) is 114 Å². The molecular weight excluding hydrogens is 561 g/mol. The number of aryl methyl sites for hydroxylation is 3. The van der Waals surface area contributed by atoms with Crippen LogP contribution in [-0.2, 0) is 40.5 Å². The largest absolute Gasteiger partial charge is 0.469 e. The Morgan fingerprint density at radius 3 is 2.54 bits per heavy atom. The van der Waals surface area contributed by atoms with Crippen LogP contribution in [0.4, 0.5) is 0 Å². The highest BCUT2D eigenvalue weighted by Gasteiger charge is 2.28. The molecule has 3 rings (SSSR count). The lowest BCUT2D eigenvalue weighted by molar-refractivity contribution is -0.140. The van der Waals surface area contributed by atoms with Gasteiger partial charge in [-0.2, -0.15) is 5.10 Å². The first-order chi connectivity index (χ1) is 18.6. The molecule has 0 saturated heterocycles. The predicted molar refractivity (Wildman–Crippen MR) is 159 cm³/mol. The van der Waals surface area contributed by atoms with Gasteiger partial charge in [-0.05, 0) is 31.1 Å². The van der Waals surface area contributed by atoms with Gasteiger partial charge in [0.25, 0.3) is 0 Å². The van der Waals surface area contributed by atoms with Gasteiger partial charge in [0.1, 0.15) is 5.69 Å². The second kappa shape index (κ2) is 13.4. The van der Waals surface area contributed by atoms with Crippen LogP contribution in [0.2, 0.25) is 5.02 Å². The van der Waals surface area contributed by atoms with Gasteiger partial charge < -0.3 is 19.8 Å². The molecule has 1 aromatic carbocycles. The van der Waals surface area contributed by atoms with Gasteiger partial charge in [0.2, 0.25) is 0 Å². The third kappa shape index (κ3) is 6.45. The van der Waals surface area contributed by atoms with E-state index >= 15 is 0 Å². The van der Waals surface area contributed by atoms with E-state index in [1.165, 1.54) is 14.2 Å². The van der Waals surface area contributed by atoms with E-state index in [4.69, 9.17) is 43.5 Å². The number of methoxy groups -OCH3 is 2. The van der Waals surface area contributed by atoms with Gasteiger partial charge in [-0.1, -0.05) is 17.7 Å². The summed E-state index contributed by atoms with van der Waals surface area (Å²) >= 11 is 14.4. The van der Waals surface area contributed by atoms with E-state index in [0.29, 0.717) is 45.8 Å². The zero-order chi connectivity index (χ0) is 28.9. The Labute approximate surface area is 242 Å². The molecule has 2 N–H and O–H groups in total. The maximum atomic E-state index is 12.9. The first-order valence-electron chi connectivity index (χ1n) is 12.1. The Morgan fingerprint density at radius 2 is 1.92 bits per heavy atom. The Morgan fingerprint density at radius 1 is 1.21 bits per heavy atom. The average Bonchev–Trinajstić information content (AvgIpc) is 3.37. The van der Waals surface area contributed by atoms with Crippen molar-refractivity contribution >= 4 is 63.5 Å². The molecule has 210 valence electrons. The number of rotatable bonds is 11. The van der Waals surface area contributed by atoms with E-state index in [1.54, 1.807) is 36.5 Å². The van der Waals surface area contributed by atoms with Gasteiger partial charge in [-0.15, -0.1) is 23.4 Å². The number of fused-ring (bicyclic) bond motifs is 1. The predicted octanol–water partition coefficient (Wildman–Crippen LogP) is 4.82. The Hall–Kier alpha value is -2.95. The fourth-order valence-electron chi connectivity index (χ4n) is 4.56. The molecule has 3 aromatic rings. The molecule has 0 aliphatic rings. The van der Waals surface area contributed by atoms with Gasteiger partial charge in [-0.3, -0.25) is 14.5 Å². The lowest BCUT2D eigenvalue weighted by Crippen LogP contribution is -2.11. The van der Waals surface area contributed by atoms with Crippen molar-refractivity contribution in [1.29, 1.82) is 0 Å². The van der Waals surface area contributed by atoms with Crippen molar-refractivity contribution in [3.63, 3.8) is 0 Å². The standard InChI is InChI=1S/C27H33Cl2N5O4S/c1-15-23(21(32-34(15)4)14-39-13-16(30)11-17(12-28)31-2)24-20(29)9-7-18-19(8-10-22(35)37-5)26(27(36)38-6)33(3)25(18)24/h7,9,11H,8,10,12-14,30H2,1-6H3. The second-order valence-electron chi connectivity index (χ2n) is 8.86. The van der Waals surface area contributed by atoms with E-state index in [1.807, 2.05) is 30.8 Å². The van der Waals surface area contributed by atoms with Crippen LogP contribution in [0.3, 0.4) is 0 Å². The van der Waals surface area contributed by atoms with Gasteiger partial charge >= 0.3 is 11.9 Å². The molecule has 0 amide bonds. The third-order valence-corrected chi connectivity index (χ3v) is 8.14. The van der Waals surface area contributed by atoms with Gasteiger partial charge in [-0.25, -0.2) is 4.79 Å². The summed E-state index contributed by atoms with van der Waals surface area (Å²) in [5.41, 5.74) is 12.8. The Bertz CT molecular complexity index is 1460. The molecule has 0 fully saturated rings. The van der Waals surface area contributed by atoms with E-state index in [0.717, 1.165) is 39.1 Å². The molecule has 0 bridgehead atoms. The first-order valence-corrected chi connectivity index (χ1v) is 14.2. The lowest BCUT2D eigenvalue weighted by atomic mass is 9.98. The summed E-state index contributed by atoms with van der Waals surface area (Å²) < 4.78 is 13.5. The minimum absolute atomic E-state index is 0.120. The smallest absolute Gasteiger partial charge is 0.354 e. The summed E-state index contributed by atoms with van der Waals surface area (Å²) in [4.78, 5) is 28.9. The van der Waals surface area contributed by atoms with Crippen molar-refractivity contribution in [3.8, 4) is 11.1 Å². The first kappa shape index (κ1) is 30.6. The number of aliphatic imine (C=N–C) groups is 1. The number of hydrogen-bond acceptors (Lipinski definition) is 8. The highest BCUT2D eigenvalue weighted by molar-refractivity contribution is 7.98. The van der Waals surface area contributed by atoms with Gasteiger partial charge in [0, 0.05) is 67.0 Å². The number of benzene rings is 1. The second-order valence-corrected chi connectivity index (χ2v) is 10.5. The van der Waals surface area contributed by atoms with Crippen LogP contribution in [0.25, 0.3) is 22.0 Å². The number of allylic oxidation sites excluding steroid dienone is 1. The monoisotopic (exact) mass is 593 g/mol. The summed E-state index contributed by atoms with van der Waals surface area (Å²) in [6, 6.07) is 3.68. The van der Waals surface area contributed by atoms with Gasteiger partial charge in [0.05, 0.1) is 42.0 Å². The minimum atomic E-state index is -0.497. The number of halogens is 2. The molecule has 2 aromatic heterocycles. The minimum Gasteiger partial charge on any atom is -0.469 e. The maximum Gasteiger partial charge on any atom is 0.354 e. The summed E-state index contributed by atoms with van der Waals surface area (Å²) in [5.74, 6) is 0.567. The van der Waals surface area contributed by atoms with Crippen molar-refractivity contribution in [3.05, 3.63) is 51.6 Å². The number of alkyl halides is 1. The molecule has 0 saturated carbocycles. The Kier molecular flexibility index (Phi) is 10.5. The van der Waals surface area contributed by atoms with Crippen LogP contribution in [0.5, 0.6) is 0 Å². The van der Waals surface area contributed by atoms with Crippen molar-refractivity contribution in [1.82, 2.24) is 14.3 Å². The number of ether oxygens (including phenoxy) is 2. The molecule has 0 radical (unpaired) electrons. The maximum absolute atomic E-state index is 12.9. The number of esters is 2. The van der Waals surface area contributed by atoms with Crippen molar-refractivity contribution in [2.75, 3.05) is 32.9 Å². The summed E-state index contributed by atoms with van der Waals surface area (Å²) in [6.07, 6.45) is 2.21. The van der Waals surface area contributed by atoms with E-state index < -0.39 is 5.97 Å². The number of aromatic nitrogens is 3. The fraction of sp³-hybridized carbons (Fsp3) is 0.407. The average molecular weight is 595 g/mol.